The van der Waals surface area contributed by atoms with Gasteiger partial charge in [-0.05, 0) is 41.8 Å². The van der Waals surface area contributed by atoms with Crippen molar-refractivity contribution >= 4 is 28.6 Å². The van der Waals surface area contributed by atoms with Gasteiger partial charge < -0.3 is 10.7 Å². The number of aromatic amines is 1. The zero-order valence-electron chi connectivity index (χ0n) is 17.9. The topological polar surface area (TPSA) is 140 Å². The van der Waals surface area contributed by atoms with Crippen LogP contribution in [-0.4, -0.2) is 42.8 Å². The molecule has 0 radical (unpaired) electrons. The van der Waals surface area contributed by atoms with Gasteiger partial charge >= 0.3 is 11.9 Å². The van der Waals surface area contributed by atoms with Crippen molar-refractivity contribution in [2.75, 3.05) is 6.54 Å². The molecule has 0 saturated carbocycles. The van der Waals surface area contributed by atoms with Gasteiger partial charge in [0.25, 0.3) is 5.56 Å². The summed E-state index contributed by atoms with van der Waals surface area (Å²) in [5, 5.41) is 4.45. The minimum atomic E-state index is -4.54. The number of amidine groups is 1. The van der Waals surface area contributed by atoms with Gasteiger partial charge in [0.1, 0.15) is 17.5 Å². The highest BCUT2D eigenvalue weighted by Gasteiger charge is 2.28. The van der Waals surface area contributed by atoms with Crippen molar-refractivity contribution < 1.29 is 22.0 Å². The molecule has 0 atom stereocenters. The van der Waals surface area contributed by atoms with Crippen LogP contribution in [0, 0.1) is 11.6 Å². The lowest BCUT2D eigenvalue weighted by Crippen LogP contribution is -2.41. The molecule has 5 N–H and O–H groups in total. The number of imidazole rings is 1. The fourth-order valence-electron chi connectivity index (χ4n) is 3.29. The van der Waals surface area contributed by atoms with E-state index in [4.69, 9.17) is 23.2 Å². The number of hydrogen-bond donors (Lipinski definition) is 3. The summed E-state index contributed by atoms with van der Waals surface area (Å²) in [4.78, 5) is 31.6. The molecular weight excluding hydrogens is 503 g/mol. The molecule has 0 unspecified atom stereocenters. The highest BCUT2D eigenvalue weighted by Crippen LogP contribution is 2.21. The number of aryl methyl sites for hydroxylation is 1. The Labute approximate surface area is 198 Å². The van der Waals surface area contributed by atoms with Gasteiger partial charge in [-0.1, -0.05) is 0 Å². The number of nitrogens with zero attached hydrogens (tertiary/aromatic N) is 5. The number of hydrazone groups is 1. The highest BCUT2D eigenvalue weighted by atomic mass is 35.5. The van der Waals surface area contributed by atoms with Gasteiger partial charge in [-0.25, -0.2) is 24.5 Å². The fourth-order valence-corrected chi connectivity index (χ4v) is 3.47. The van der Waals surface area contributed by atoms with E-state index in [0.717, 1.165) is 32.5 Å². The SMILES string of the molecule is N/C(Cc1cc(F)ccc1F)=N\N(N)CCCn1c(=O)c2[nH]c(Cl)nc2n(CCC(F)(F)F)c1=O. The Bertz CT molecular complexity index is 1360. The van der Waals surface area contributed by atoms with Gasteiger partial charge in [-0.15, -0.1) is 5.10 Å². The molecule has 0 spiro atoms. The number of nitrogens with two attached hydrogens (primary N) is 2. The summed E-state index contributed by atoms with van der Waals surface area (Å²) in [6.07, 6.45) is -6.03. The van der Waals surface area contributed by atoms with Crippen LogP contribution in [-0.2, 0) is 19.5 Å². The summed E-state index contributed by atoms with van der Waals surface area (Å²) >= 11 is 5.75. The largest absolute Gasteiger partial charge is 0.390 e. The molecule has 0 amide bonds. The van der Waals surface area contributed by atoms with E-state index in [1.165, 1.54) is 0 Å². The third-order valence-corrected chi connectivity index (χ3v) is 5.04. The number of H-pyrrole nitrogens is 1. The molecule has 0 aliphatic rings. The number of benzene rings is 1. The molecule has 2 heterocycles. The van der Waals surface area contributed by atoms with Crippen molar-refractivity contribution in [3.63, 3.8) is 0 Å². The van der Waals surface area contributed by atoms with E-state index >= 15 is 0 Å². The minimum absolute atomic E-state index is 0.0304. The minimum Gasteiger partial charge on any atom is -0.385 e. The Balaban J connectivity index is 1.74. The molecule has 0 aliphatic carbocycles. The van der Waals surface area contributed by atoms with E-state index in [1.807, 2.05) is 0 Å². The summed E-state index contributed by atoms with van der Waals surface area (Å²) < 4.78 is 66.6. The number of aromatic nitrogens is 4. The first-order valence-corrected chi connectivity index (χ1v) is 10.5. The molecule has 16 heteroatoms. The van der Waals surface area contributed by atoms with Crippen LogP contribution in [0.5, 0.6) is 0 Å². The summed E-state index contributed by atoms with van der Waals surface area (Å²) in [7, 11) is 0. The van der Waals surface area contributed by atoms with Crippen LogP contribution in [0.15, 0.2) is 32.9 Å². The van der Waals surface area contributed by atoms with Gasteiger partial charge in [0.15, 0.2) is 11.2 Å². The Morgan fingerprint density at radius 2 is 1.91 bits per heavy atom. The van der Waals surface area contributed by atoms with Crippen molar-refractivity contribution in [3.8, 4) is 0 Å². The van der Waals surface area contributed by atoms with Crippen molar-refractivity contribution in [1.29, 1.82) is 0 Å². The molecule has 3 rings (SSSR count). The monoisotopic (exact) mass is 522 g/mol. The van der Waals surface area contributed by atoms with Gasteiger partial charge in [-0.3, -0.25) is 13.9 Å². The number of alkyl halides is 3. The first-order chi connectivity index (χ1) is 16.4. The first-order valence-electron chi connectivity index (χ1n) is 10.1. The molecule has 2 aromatic heterocycles. The number of rotatable bonds is 9. The number of nitrogens with one attached hydrogen (secondary N) is 1. The molecule has 3 aromatic rings. The van der Waals surface area contributed by atoms with Crippen molar-refractivity contribution in [3.05, 3.63) is 61.5 Å². The quantitative estimate of drug-likeness (QED) is 0.0978. The van der Waals surface area contributed by atoms with E-state index in [9.17, 15) is 31.5 Å². The lowest BCUT2D eigenvalue weighted by atomic mass is 10.1. The maximum Gasteiger partial charge on any atom is 0.390 e. The molecule has 1 aromatic carbocycles. The van der Waals surface area contributed by atoms with E-state index in [2.05, 4.69) is 15.1 Å². The smallest absolute Gasteiger partial charge is 0.385 e. The van der Waals surface area contributed by atoms with Crippen molar-refractivity contribution in [2.24, 2.45) is 16.7 Å². The van der Waals surface area contributed by atoms with Crippen LogP contribution in [0.4, 0.5) is 22.0 Å². The molecule has 0 saturated heterocycles. The van der Waals surface area contributed by atoms with Gasteiger partial charge in [0.05, 0.1) is 13.0 Å². The van der Waals surface area contributed by atoms with Crippen molar-refractivity contribution in [1.82, 2.24) is 24.2 Å². The van der Waals surface area contributed by atoms with Crippen LogP contribution in [0.1, 0.15) is 18.4 Å². The van der Waals surface area contributed by atoms with E-state index in [-0.39, 0.29) is 53.8 Å². The Kier molecular flexibility index (Phi) is 7.80. The van der Waals surface area contributed by atoms with Crippen LogP contribution < -0.4 is 22.8 Å². The Hall–Kier alpha value is -3.46. The van der Waals surface area contributed by atoms with Gasteiger partial charge in [-0.2, -0.15) is 18.2 Å². The number of hydrogen-bond acceptors (Lipinski definition) is 6. The predicted molar refractivity (Wildman–Crippen MR) is 117 cm³/mol. The average molecular weight is 523 g/mol. The van der Waals surface area contributed by atoms with Crippen LogP contribution in [0.25, 0.3) is 11.2 Å². The summed E-state index contributed by atoms with van der Waals surface area (Å²) in [5.74, 6) is 4.27. The molecule has 35 heavy (non-hydrogen) atoms. The maximum atomic E-state index is 13.7. The van der Waals surface area contributed by atoms with Crippen LogP contribution in [0.3, 0.4) is 0 Å². The fraction of sp³-hybridized carbons (Fsp3) is 0.368. The molecule has 0 fully saturated rings. The number of fused-ring (bicyclic) bond motifs is 1. The highest BCUT2D eigenvalue weighted by molar-refractivity contribution is 6.28. The lowest BCUT2D eigenvalue weighted by molar-refractivity contribution is -0.136. The summed E-state index contributed by atoms with van der Waals surface area (Å²) in [6.45, 7) is -1.03. The third kappa shape index (κ3) is 6.57. The molecule has 0 bridgehead atoms. The zero-order chi connectivity index (χ0) is 25.9. The Morgan fingerprint density at radius 3 is 2.60 bits per heavy atom. The van der Waals surface area contributed by atoms with Crippen LogP contribution in [0.2, 0.25) is 5.28 Å². The molecular formula is C19H20ClF5N8O2. The van der Waals surface area contributed by atoms with E-state index in [0.29, 0.717) is 0 Å². The maximum absolute atomic E-state index is 13.7. The second-order valence-corrected chi connectivity index (χ2v) is 7.86. The number of halogens is 6. The van der Waals surface area contributed by atoms with Crippen LogP contribution >= 0.6 is 11.6 Å². The Morgan fingerprint density at radius 1 is 1.20 bits per heavy atom. The normalized spacial score (nSPS) is 12.5. The second kappa shape index (κ2) is 10.4. The van der Waals surface area contributed by atoms with Gasteiger partial charge in [0, 0.05) is 19.5 Å². The predicted octanol–water partition coefficient (Wildman–Crippen LogP) is 1.85. The molecule has 0 aliphatic heterocycles. The van der Waals surface area contributed by atoms with Gasteiger partial charge in [0.2, 0.25) is 5.28 Å². The van der Waals surface area contributed by atoms with Crippen molar-refractivity contribution in [2.45, 2.75) is 38.5 Å². The molecule has 190 valence electrons. The summed E-state index contributed by atoms with van der Waals surface area (Å²) in [6, 6.07) is 2.86. The summed E-state index contributed by atoms with van der Waals surface area (Å²) in [5.41, 5.74) is 3.37. The number of hydrazine groups is 1. The third-order valence-electron chi connectivity index (χ3n) is 4.86. The standard InChI is InChI=1S/C19H20ClF5N8O2/c20-17-28-14-15(29-17)31(7-4-19(23,24)25)18(35)32(16(14)34)5-1-6-33(27)30-13(26)9-10-8-11(21)2-3-12(10)22/h2-3,8H,1,4-7,9,27H2,(H2,26,30)(H,28,29). The second-order valence-electron chi connectivity index (χ2n) is 7.50. The van der Waals surface area contributed by atoms with E-state index in [1.54, 1.807) is 0 Å². The first kappa shape index (κ1) is 26.2. The lowest BCUT2D eigenvalue weighted by Gasteiger charge is -2.15. The zero-order valence-corrected chi connectivity index (χ0v) is 18.7. The molecule has 10 nitrogen and oxygen atoms in total. The average Bonchev–Trinajstić information content (AvgIpc) is 3.13. The van der Waals surface area contributed by atoms with E-state index < -0.39 is 42.0 Å².